The number of amides is 1. The molecule has 3 rings (SSSR count). The van der Waals surface area contributed by atoms with Gasteiger partial charge in [-0.05, 0) is 68.1 Å². The minimum atomic E-state index is 0.116. The van der Waals surface area contributed by atoms with E-state index >= 15 is 0 Å². The minimum absolute atomic E-state index is 0.116. The van der Waals surface area contributed by atoms with Crippen molar-refractivity contribution in [1.82, 2.24) is 4.90 Å². The lowest BCUT2D eigenvalue weighted by atomic mass is 9.75. The third kappa shape index (κ3) is 4.75. The molecule has 0 atom stereocenters. The molecule has 1 saturated carbocycles. The Morgan fingerprint density at radius 2 is 1.88 bits per heavy atom. The largest absolute Gasteiger partial charge is 0.396 e. The van der Waals surface area contributed by atoms with Gasteiger partial charge in [0.05, 0.1) is 0 Å². The standard InChI is InChI=1S/C21H32N2O2/c1-21(2)10-6-18(7-11-21)22-19-5-3-4-17(14-19)20(25)23-12-8-16(15-24)9-13-23/h3-5,14,16,18,22,24H,6-13,15H2,1-2H3. The molecule has 0 radical (unpaired) electrons. The molecule has 0 unspecified atom stereocenters. The van der Waals surface area contributed by atoms with Crippen LogP contribution in [0.2, 0.25) is 0 Å². The van der Waals surface area contributed by atoms with Gasteiger partial charge >= 0.3 is 0 Å². The molecule has 138 valence electrons. The first kappa shape index (κ1) is 18.2. The molecule has 4 heteroatoms. The Morgan fingerprint density at radius 1 is 1.20 bits per heavy atom. The molecular formula is C21H32N2O2. The van der Waals surface area contributed by atoms with Crippen LogP contribution in [-0.4, -0.2) is 41.7 Å². The smallest absolute Gasteiger partial charge is 0.253 e. The van der Waals surface area contributed by atoms with Crippen LogP contribution in [0.1, 0.15) is 62.7 Å². The Labute approximate surface area is 151 Å². The Bertz CT molecular complexity index is 581. The number of nitrogens with zero attached hydrogens (tertiary/aromatic N) is 1. The van der Waals surface area contributed by atoms with E-state index in [-0.39, 0.29) is 12.5 Å². The molecule has 1 aliphatic heterocycles. The maximum atomic E-state index is 12.8. The number of anilines is 1. The van der Waals surface area contributed by atoms with Gasteiger partial charge in [-0.25, -0.2) is 0 Å². The number of likely N-dealkylation sites (tertiary alicyclic amines) is 1. The first-order chi connectivity index (χ1) is 12.0. The predicted molar refractivity (Wildman–Crippen MR) is 102 cm³/mol. The number of nitrogens with one attached hydrogen (secondary N) is 1. The fourth-order valence-corrected chi connectivity index (χ4v) is 4.02. The maximum absolute atomic E-state index is 12.8. The number of aliphatic hydroxyl groups excluding tert-OH is 1. The average Bonchev–Trinajstić information content (AvgIpc) is 2.63. The molecule has 2 aliphatic rings. The number of rotatable bonds is 4. The third-order valence-corrected chi connectivity index (χ3v) is 5.98. The second kappa shape index (κ2) is 7.77. The number of hydrogen-bond acceptors (Lipinski definition) is 3. The molecule has 1 saturated heterocycles. The number of benzene rings is 1. The Balaban J connectivity index is 1.59. The molecule has 25 heavy (non-hydrogen) atoms. The van der Waals surface area contributed by atoms with Gasteiger partial charge in [-0.2, -0.15) is 0 Å². The normalized spacial score (nSPS) is 22.0. The molecule has 1 aliphatic carbocycles. The van der Waals surface area contributed by atoms with Crippen LogP contribution in [0.5, 0.6) is 0 Å². The van der Waals surface area contributed by atoms with Crippen LogP contribution >= 0.6 is 0 Å². The number of carbonyl (C=O) groups is 1. The van der Waals surface area contributed by atoms with E-state index in [4.69, 9.17) is 0 Å². The highest BCUT2D eigenvalue weighted by molar-refractivity contribution is 5.95. The summed E-state index contributed by atoms with van der Waals surface area (Å²) in [7, 11) is 0. The van der Waals surface area contributed by atoms with Gasteiger partial charge in [0.1, 0.15) is 0 Å². The highest BCUT2D eigenvalue weighted by atomic mass is 16.3. The van der Waals surface area contributed by atoms with Crippen molar-refractivity contribution < 1.29 is 9.90 Å². The zero-order valence-corrected chi connectivity index (χ0v) is 15.6. The molecule has 1 heterocycles. The van der Waals surface area contributed by atoms with Crippen LogP contribution in [0, 0.1) is 11.3 Å². The van der Waals surface area contributed by atoms with Gasteiger partial charge in [0.25, 0.3) is 5.91 Å². The highest BCUT2D eigenvalue weighted by Gasteiger charge is 2.27. The number of hydrogen-bond donors (Lipinski definition) is 2. The van der Waals surface area contributed by atoms with Crippen molar-refractivity contribution in [2.24, 2.45) is 11.3 Å². The van der Waals surface area contributed by atoms with Gasteiger partial charge < -0.3 is 15.3 Å². The molecule has 0 aromatic heterocycles. The zero-order valence-electron chi connectivity index (χ0n) is 15.6. The summed E-state index contributed by atoms with van der Waals surface area (Å²) in [6.45, 7) is 6.43. The Morgan fingerprint density at radius 3 is 2.52 bits per heavy atom. The Kier molecular flexibility index (Phi) is 5.67. The van der Waals surface area contributed by atoms with Crippen molar-refractivity contribution in [3.05, 3.63) is 29.8 Å². The van der Waals surface area contributed by atoms with E-state index in [9.17, 15) is 9.90 Å². The molecule has 2 fully saturated rings. The maximum Gasteiger partial charge on any atom is 0.253 e. The average molecular weight is 344 g/mol. The fraction of sp³-hybridized carbons (Fsp3) is 0.667. The number of piperidine rings is 1. The van der Waals surface area contributed by atoms with Crippen molar-refractivity contribution in [2.75, 3.05) is 25.0 Å². The van der Waals surface area contributed by atoms with Crippen LogP contribution in [0.3, 0.4) is 0 Å². The van der Waals surface area contributed by atoms with E-state index in [0.717, 1.165) is 37.2 Å². The number of aliphatic hydroxyl groups is 1. The molecule has 1 aromatic carbocycles. The first-order valence-corrected chi connectivity index (χ1v) is 9.73. The lowest BCUT2D eigenvalue weighted by Crippen LogP contribution is -2.39. The monoisotopic (exact) mass is 344 g/mol. The first-order valence-electron chi connectivity index (χ1n) is 9.73. The van der Waals surface area contributed by atoms with E-state index in [1.807, 2.05) is 23.1 Å². The summed E-state index contributed by atoms with van der Waals surface area (Å²) in [6, 6.07) is 8.46. The van der Waals surface area contributed by atoms with Crippen molar-refractivity contribution in [3.63, 3.8) is 0 Å². The molecule has 0 bridgehead atoms. The van der Waals surface area contributed by atoms with Crippen molar-refractivity contribution in [2.45, 2.75) is 58.4 Å². The summed E-state index contributed by atoms with van der Waals surface area (Å²) in [4.78, 5) is 14.7. The van der Waals surface area contributed by atoms with E-state index in [1.54, 1.807) is 0 Å². The van der Waals surface area contributed by atoms with Gasteiger partial charge in [0, 0.05) is 37.0 Å². The zero-order chi connectivity index (χ0) is 17.9. The van der Waals surface area contributed by atoms with Gasteiger partial charge in [0.2, 0.25) is 0 Å². The molecule has 2 N–H and O–H groups in total. The van der Waals surface area contributed by atoms with Gasteiger partial charge in [-0.15, -0.1) is 0 Å². The van der Waals surface area contributed by atoms with Crippen molar-refractivity contribution in [3.8, 4) is 0 Å². The van der Waals surface area contributed by atoms with Gasteiger partial charge in [-0.1, -0.05) is 19.9 Å². The lowest BCUT2D eigenvalue weighted by molar-refractivity contribution is 0.0651. The summed E-state index contributed by atoms with van der Waals surface area (Å²) >= 11 is 0. The fourth-order valence-electron chi connectivity index (χ4n) is 4.02. The van der Waals surface area contributed by atoms with Crippen molar-refractivity contribution >= 4 is 11.6 Å². The minimum Gasteiger partial charge on any atom is -0.396 e. The lowest BCUT2D eigenvalue weighted by Gasteiger charge is -2.35. The molecule has 0 spiro atoms. The summed E-state index contributed by atoms with van der Waals surface area (Å²) < 4.78 is 0. The van der Waals surface area contributed by atoms with Crippen LogP contribution in [0.4, 0.5) is 5.69 Å². The van der Waals surface area contributed by atoms with Crippen LogP contribution in [-0.2, 0) is 0 Å². The Hall–Kier alpha value is -1.55. The highest BCUT2D eigenvalue weighted by Crippen LogP contribution is 2.36. The van der Waals surface area contributed by atoms with Crippen LogP contribution < -0.4 is 5.32 Å². The molecule has 1 amide bonds. The summed E-state index contributed by atoms with van der Waals surface area (Å²) in [6.07, 6.45) is 6.70. The second-order valence-corrected chi connectivity index (χ2v) is 8.58. The second-order valence-electron chi connectivity index (χ2n) is 8.58. The third-order valence-electron chi connectivity index (χ3n) is 5.98. The molecule has 1 aromatic rings. The van der Waals surface area contributed by atoms with Gasteiger partial charge in [-0.3, -0.25) is 4.79 Å². The summed E-state index contributed by atoms with van der Waals surface area (Å²) in [5, 5.41) is 12.9. The van der Waals surface area contributed by atoms with Gasteiger partial charge in [0.15, 0.2) is 0 Å². The topological polar surface area (TPSA) is 52.6 Å². The van der Waals surface area contributed by atoms with Crippen molar-refractivity contribution in [1.29, 1.82) is 0 Å². The van der Waals surface area contributed by atoms with E-state index in [2.05, 4.69) is 25.2 Å². The SMILES string of the molecule is CC1(C)CCC(Nc2cccc(C(=O)N3CCC(CO)CC3)c2)CC1. The van der Waals surface area contributed by atoms with Crippen LogP contribution in [0.25, 0.3) is 0 Å². The number of carbonyl (C=O) groups excluding carboxylic acids is 1. The van der Waals surface area contributed by atoms with E-state index < -0.39 is 0 Å². The van der Waals surface area contributed by atoms with Crippen LogP contribution in [0.15, 0.2) is 24.3 Å². The summed E-state index contributed by atoms with van der Waals surface area (Å²) in [5.74, 6) is 0.470. The van der Waals surface area contributed by atoms with E-state index in [1.165, 1.54) is 25.7 Å². The van der Waals surface area contributed by atoms with E-state index in [0.29, 0.717) is 17.4 Å². The quantitative estimate of drug-likeness (QED) is 0.871. The predicted octanol–water partition coefficient (Wildman–Crippen LogP) is 3.91. The summed E-state index contributed by atoms with van der Waals surface area (Å²) in [5.41, 5.74) is 2.29. The molecular weight excluding hydrogens is 312 g/mol. The molecule has 4 nitrogen and oxygen atoms in total.